The van der Waals surface area contributed by atoms with E-state index in [1.165, 1.54) is 27.3 Å². The van der Waals surface area contributed by atoms with Gasteiger partial charge in [-0.05, 0) is 41.7 Å². The van der Waals surface area contributed by atoms with Gasteiger partial charge in [0.1, 0.15) is 0 Å². The molecule has 0 nitrogen and oxygen atoms in total. The Morgan fingerprint density at radius 2 is 1.30 bits per heavy atom. The second kappa shape index (κ2) is 8.80. The molecule has 0 saturated carbocycles. The summed E-state index contributed by atoms with van der Waals surface area (Å²) in [6.07, 6.45) is 13.1. The van der Waals surface area contributed by atoms with Gasteiger partial charge in [-0.15, -0.1) is 0 Å². The van der Waals surface area contributed by atoms with E-state index >= 15 is 0 Å². The molecule has 0 radical (unpaired) electrons. The maximum Gasteiger partial charge on any atom is 0.00136 e. The lowest BCUT2D eigenvalue weighted by molar-refractivity contribution is 1.35. The smallest absolute Gasteiger partial charge is 0.00136 e. The summed E-state index contributed by atoms with van der Waals surface area (Å²) in [7, 11) is -0.438. The molecule has 132 valence electrons. The predicted molar refractivity (Wildman–Crippen MR) is 120 cm³/mol. The van der Waals surface area contributed by atoms with E-state index in [9.17, 15) is 0 Å². The summed E-state index contributed by atoms with van der Waals surface area (Å²) in [5, 5.41) is 2.86. The van der Waals surface area contributed by atoms with Gasteiger partial charge in [-0.3, -0.25) is 0 Å². The van der Waals surface area contributed by atoms with Crippen molar-refractivity contribution in [3.8, 4) is 0 Å². The molecule has 0 heterocycles. The predicted octanol–water partition coefficient (Wildman–Crippen LogP) is 6.22. The third-order valence-electron chi connectivity index (χ3n) is 4.79. The van der Waals surface area contributed by atoms with Gasteiger partial charge in [0, 0.05) is 6.16 Å². The zero-order chi connectivity index (χ0) is 18.3. The molecular weight excluding hydrogens is 343 g/mol. The first-order chi connectivity index (χ1) is 13.4. The first-order valence-electron chi connectivity index (χ1n) is 9.41. The third-order valence-corrected chi connectivity index (χ3v) is 7.29. The summed E-state index contributed by atoms with van der Waals surface area (Å²) in [6, 6.07) is 30.8. The van der Waals surface area contributed by atoms with E-state index in [0.717, 1.165) is 12.6 Å². The largest absolute Gasteiger partial charge is 0.0807 e. The molecule has 0 aliphatic heterocycles. The molecular formula is C26H23P. The molecule has 3 aromatic rings. The minimum absolute atomic E-state index is 0.438. The topological polar surface area (TPSA) is 0 Å². The number of hydrogen-bond acceptors (Lipinski definition) is 0. The van der Waals surface area contributed by atoms with E-state index in [1.807, 2.05) is 0 Å². The summed E-state index contributed by atoms with van der Waals surface area (Å²) >= 11 is 0. The van der Waals surface area contributed by atoms with Crippen LogP contribution in [0.5, 0.6) is 0 Å². The lowest BCUT2D eigenvalue weighted by atomic mass is 10.00. The van der Waals surface area contributed by atoms with E-state index in [0.29, 0.717) is 0 Å². The molecule has 0 bridgehead atoms. The van der Waals surface area contributed by atoms with E-state index < -0.39 is 7.92 Å². The van der Waals surface area contributed by atoms with Crippen LogP contribution >= 0.6 is 7.92 Å². The number of hydrogen-bond donors (Lipinski definition) is 0. The summed E-state index contributed by atoms with van der Waals surface area (Å²) in [5.74, 6) is 0. The first-order valence-corrected chi connectivity index (χ1v) is 10.9. The Bertz CT molecular complexity index is 926. The van der Waals surface area contributed by atoms with Crippen molar-refractivity contribution in [2.24, 2.45) is 0 Å². The highest BCUT2D eigenvalue weighted by Crippen LogP contribution is 2.40. The van der Waals surface area contributed by atoms with Crippen LogP contribution in [0.3, 0.4) is 0 Å². The summed E-state index contributed by atoms with van der Waals surface area (Å²) in [4.78, 5) is 0. The molecule has 0 saturated heterocycles. The van der Waals surface area contributed by atoms with Crippen LogP contribution in [-0.2, 0) is 6.16 Å². The van der Waals surface area contributed by atoms with Crippen LogP contribution in [-0.4, -0.2) is 0 Å². The molecule has 0 spiro atoms. The molecule has 0 N–H and O–H groups in total. The van der Waals surface area contributed by atoms with E-state index in [1.54, 1.807) is 0 Å². The summed E-state index contributed by atoms with van der Waals surface area (Å²) < 4.78 is 0. The van der Waals surface area contributed by atoms with Gasteiger partial charge in [-0.1, -0.05) is 115 Å². The maximum atomic E-state index is 2.33. The Hall–Kier alpha value is -2.69. The Morgan fingerprint density at radius 3 is 2.00 bits per heavy atom. The summed E-state index contributed by atoms with van der Waals surface area (Å²) in [6.45, 7) is 0. The molecule has 3 aromatic carbocycles. The summed E-state index contributed by atoms with van der Waals surface area (Å²) in [5.41, 5.74) is 4.11. The van der Waals surface area contributed by atoms with Gasteiger partial charge < -0.3 is 0 Å². The van der Waals surface area contributed by atoms with Crippen molar-refractivity contribution in [1.29, 1.82) is 0 Å². The Morgan fingerprint density at radius 1 is 0.667 bits per heavy atom. The van der Waals surface area contributed by atoms with Crippen molar-refractivity contribution in [1.82, 2.24) is 0 Å². The van der Waals surface area contributed by atoms with Crippen LogP contribution in [0, 0.1) is 0 Å². The molecule has 1 heteroatoms. The zero-order valence-corrected chi connectivity index (χ0v) is 16.2. The van der Waals surface area contributed by atoms with Crippen molar-refractivity contribution < 1.29 is 0 Å². The molecule has 0 aromatic heterocycles. The molecule has 0 amide bonds. The van der Waals surface area contributed by atoms with Gasteiger partial charge in [0.2, 0.25) is 0 Å². The maximum absolute atomic E-state index is 2.33. The highest BCUT2D eigenvalue weighted by atomic mass is 31.1. The van der Waals surface area contributed by atoms with E-state index in [4.69, 9.17) is 0 Å². The quantitative estimate of drug-likeness (QED) is 0.470. The van der Waals surface area contributed by atoms with E-state index in [-0.39, 0.29) is 0 Å². The molecule has 0 unspecified atom stereocenters. The van der Waals surface area contributed by atoms with Crippen molar-refractivity contribution in [2.45, 2.75) is 12.6 Å². The molecule has 0 fully saturated rings. The lowest BCUT2D eigenvalue weighted by Crippen LogP contribution is -2.13. The standard InChI is InChI=1S/C26H23P/c1-2-6-14-22(13-5-1)26-20-12-11-15-23(26)21-27(24-16-7-3-8-17-24)25-18-9-4-10-19-25/h1-5,7-20H,6,21H2. The first kappa shape index (κ1) is 17.7. The van der Waals surface area contributed by atoms with Gasteiger partial charge in [-0.2, -0.15) is 0 Å². The lowest BCUT2D eigenvalue weighted by Gasteiger charge is -2.21. The average molecular weight is 366 g/mol. The van der Waals surface area contributed by atoms with Crippen LogP contribution in [0.25, 0.3) is 5.57 Å². The SMILES string of the molecule is C1=CCC=C(c2ccccc2CP(c2ccccc2)c2ccccc2)C=C1. The van der Waals surface area contributed by atoms with Gasteiger partial charge in [-0.25, -0.2) is 0 Å². The number of rotatable bonds is 5. The molecule has 1 aliphatic rings. The van der Waals surface area contributed by atoms with Crippen molar-refractivity contribution in [3.05, 3.63) is 126 Å². The van der Waals surface area contributed by atoms with Crippen molar-refractivity contribution in [2.75, 3.05) is 0 Å². The fraction of sp³-hybridized carbons (Fsp3) is 0.0769. The molecule has 4 rings (SSSR count). The van der Waals surface area contributed by atoms with Gasteiger partial charge in [0.15, 0.2) is 0 Å². The number of allylic oxidation sites excluding steroid dienone is 6. The monoisotopic (exact) mass is 366 g/mol. The van der Waals surface area contributed by atoms with Crippen molar-refractivity contribution in [3.63, 3.8) is 0 Å². The zero-order valence-electron chi connectivity index (χ0n) is 15.3. The van der Waals surface area contributed by atoms with Gasteiger partial charge >= 0.3 is 0 Å². The molecule has 0 atom stereocenters. The minimum Gasteiger partial charge on any atom is -0.0807 e. The Kier molecular flexibility index (Phi) is 5.77. The highest BCUT2D eigenvalue weighted by Gasteiger charge is 2.16. The fourth-order valence-electron chi connectivity index (χ4n) is 3.44. The highest BCUT2D eigenvalue weighted by molar-refractivity contribution is 7.72. The van der Waals surface area contributed by atoms with Gasteiger partial charge in [0.25, 0.3) is 0 Å². The Labute approximate surface area is 163 Å². The number of benzene rings is 3. The second-order valence-electron chi connectivity index (χ2n) is 6.60. The van der Waals surface area contributed by atoms with E-state index in [2.05, 4.69) is 115 Å². The van der Waals surface area contributed by atoms with Gasteiger partial charge in [0.05, 0.1) is 0 Å². The second-order valence-corrected chi connectivity index (χ2v) is 8.80. The fourth-order valence-corrected chi connectivity index (χ4v) is 5.78. The van der Waals surface area contributed by atoms with Crippen LogP contribution in [0.2, 0.25) is 0 Å². The molecule has 27 heavy (non-hydrogen) atoms. The normalized spacial score (nSPS) is 13.4. The minimum atomic E-state index is -0.438. The van der Waals surface area contributed by atoms with Crippen LogP contribution < -0.4 is 10.6 Å². The Balaban J connectivity index is 1.74. The van der Waals surface area contributed by atoms with Crippen molar-refractivity contribution >= 4 is 24.1 Å². The van der Waals surface area contributed by atoms with Crippen LogP contribution in [0.15, 0.2) is 115 Å². The van der Waals surface area contributed by atoms with Crippen LogP contribution in [0.1, 0.15) is 17.5 Å². The third kappa shape index (κ3) is 4.35. The van der Waals surface area contributed by atoms with Crippen LogP contribution in [0.4, 0.5) is 0 Å². The molecule has 1 aliphatic carbocycles. The average Bonchev–Trinajstić information content (AvgIpc) is 3.03.